The first-order chi connectivity index (χ1) is 7.06. The van der Waals surface area contributed by atoms with Crippen molar-refractivity contribution in [2.75, 3.05) is 5.33 Å². The van der Waals surface area contributed by atoms with E-state index in [-0.39, 0.29) is 12.4 Å². The van der Waals surface area contributed by atoms with Crippen LogP contribution in [0.1, 0.15) is 6.42 Å². The molecule has 8 nitrogen and oxygen atoms in total. The Morgan fingerprint density at radius 1 is 1.40 bits per heavy atom. The molecular weight excluding hydrogens is 272 g/mol. The Bertz CT molecular complexity index is 390. The van der Waals surface area contributed by atoms with Crippen molar-refractivity contribution < 1.29 is 9.85 Å². The highest BCUT2D eigenvalue weighted by Gasteiger charge is 2.26. The van der Waals surface area contributed by atoms with Crippen molar-refractivity contribution in [3.63, 3.8) is 0 Å². The van der Waals surface area contributed by atoms with E-state index in [2.05, 4.69) is 21.0 Å². The lowest BCUT2D eigenvalue weighted by atomic mass is 10.5. The molecule has 0 N–H and O–H groups in total. The van der Waals surface area contributed by atoms with Gasteiger partial charge in [-0.2, -0.15) is 0 Å². The van der Waals surface area contributed by atoms with E-state index in [0.717, 1.165) is 10.7 Å². The zero-order valence-electron chi connectivity index (χ0n) is 7.50. The highest BCUT2D eigenvalue weighted by atomic mass is 79.9. The molecule has 0 atom stereocenters. The molecule has 0 aliphatic heterocycles. The first-order valence-corrected chi connectivity index (χ1v) is 5.11. The molecule has 0 aliphatic rings. The van der Waals surface area contributed by atoms with Gasteiger partial charge in [-0.3, -0.25) is 0 Å². The molecule has 0 bridgehead atoms. The van der Waals surface area contributed by atoms with Crippen molar-refractivity contribution in [1.29, 1.82) is 0 Å². The zero-order valence-corrected chi connectivity index (χ0v) is 9.08. The van der Waals surface area contributed by atoms with Crippen LogP contribution in [0.15, 0.2) is 6.07 Å². The van der Waals surface area contributed by atoms with Gasteiger partial charge in [0.25, 0.3) is 0 Å². The van der Waals surface area contributed by atoms with Crippen LogP contribution in [0.5, 0.6) is 0 Å². The summed E-state index contributed by atoms with van der Waals surface area (Å²) >= 11 is 3.16. The third kappa shape index (κ3) is 2.72. The van der Waals surface area contributed by atoms with Crippen LogP contribution >= 0.6 is 15.9 Å². The Morgan fingerprint density at radius 3 is 2.53 bits per heavy atom. The Labute approximate surface area is 92.3 Å². The maximum Gasteiger partial charge on any atom is 0.420 e. The fourth-order valence-electron chi connectivity index (χ4n) is 1.00. The van der Waals surface area contributed by atoms with E-state index in [1.165, 1.54) is 0 Å². The van der Waals surface area contributed by atoms with Crippen LogP contribution in [0.4, 0.5) is 11.6 Å². The Morgan fingerprint density at radius 2 is 2.07 bits per heavy atom. The first-order valence-electron chi connectivity index (χ1n) is 3.99. The van der Waals surface area contributed by atoms with Gasteiger partial charge in [0.05, 0.1) is 0 Å². The second-order valence-electron chi connectivity index (χ2n) is 2.64. The van der Waals surface area contributed by atoms with Gasteiger partial charge in [-0.05, 0) is 20.9 Å². The van der Waals surface area contributed by atoms with Gasteiger partial charge in [0.1, 0.15) is 17.7 Å². The van der Waals surface area contributed by atoms with E-state index in [9.17, 15) is 20.2 Å². The third-order valence-electron chi connectivity index (χ3n) is 1.62. The maximum absolute atomic E-state index is 10.5. The minimum Gasteiger partial charge on any atom is -0.358 e. The van der Waals surface area contributed by atoms with E-state index < -0.39 is 15.7 Å². The molecule has 1 aromatic rings. The van der Waals surface area contributed by atoms with Crippen molar-refractivity contribution in [3.05, 3.63) is 26.3 Å². The standard InChI is InChI=1S/C6H7BrN4O4/c7-2-1-3-9-6(11(14)15)4-5(8-9)10(12)13/h4H,1-3H2. The fourth-order valence-corrected chi connectivity index (χ4v) is 1.25. The van der Waals surface area contributed by atoms with Crippen LogP contribution in [-0.2, 0) is 6.54 Å². The minimum atomic E-state index is -0.752. The van der Waals surface area contributed by atoms with Gasteiger partial charge in [0.15, 0.2) is 0 Å². The van der Waals surface area contributed by atoms with Crippen LogP contribution < -0.4 is 0 Å². The van der Waals surface area contributed by atoms with Gasteiger partial charge >= 0.3 is 11.6 Å². The molecule has 0 radical (unpaired) electrons. The molecule has 1 heterocycles. The van der Waals surface area contributed by atoms with Crippen LogP contribution in [0.3, 0.4) is 0 Å². The summed E-state index contributed by atoms with van der Waals surface area (Å²) in [4.78, 5) is 19.5. The number of nitro groups is 2. The summed E-state index contributed by atoms with van der Waals surface area (Å²) in [6.07, 6.45) is 0.611. The minimum absolute atomic E-state index is 0.273. The molecule has 0 amide bonds. The average Bonchev–Trinajstić information content (AvgIpc) is 2.58. The number of hydrogen-bond donors (Lipinski definition) is 0. The highest BCUT2D eigenvalue weighted by molar-refractivity contribution is 9.09. The molecule has 82 valence electrons. The van der Waals surface area contributed by atoms with Crippen LogP contribution in [-0.4, -0.2) is 25.0 Å². The number of aromatic nitrogens is 2. The van der Waals surface area contributed by atoms with Crippen LogP contribution in [0, 0.1) is 20.2 Å². The van der Waals surface area contributed by atoms with Gasteiger partial charge in [-0.15, -0.1) is 0 Å². The lowest BCUT2D eigenvalue weighted by Gasteiger charge is -1.92. The SMILES string of the molecule is O=[N+]([O-])c1cc([N+](=O)[O-])n(CCCBr)n1. The quantitative estimate of drug-likeness (QED) is 0.461. The smallest absolute Gasteiger partial charge is 0.358 e. The van der Waals surface area contributed by atoms with Crippen molar-refractivity contribution in [2.45, 2.75) is 13.0 Å². The molecule has 9 heteroatoms. The number of rotatable bonds is 5. The second kappa shape index (κ2) is 4.82. The Balaban J connectivity index is 3.00. The summed E-state index contributed by atoms with van der Waals surface area (Å²) in [7, 11) is 0. The second-order valence-corrected chi connectivity index (χ2v) is 3.43. The third-order valence-corrected chi connectivity index (χ3v) is 2.18. The largest absolute Gasteiger partial charge is 0.420 e. The molecular formula is C6H7BrN4O4. The summed E-state index contributed by atoms with van der Waals surface area (Å²) in [5, 5.41) is 25.1. The van der Waals surface area contributed by atoms with E-state index >= 15 is 0 Å². The molecule has 0 unspecified atom stereocenters. The van der Waals surface area contributed by atoms with Gasteiger partial charge in [0, 0.05) is 5.33 Å². The number of hydrogen-bond acceptors (Lipinski definition) is 5. The van der Waals surface area contributed by atoms with Crippen molar-refractivity contribution in [3.8, 4) is 0 Å². The monoisotopic (exact) mass is 278 g/mol. The number of halogens is 1. The zero-order chi connectivity index (χ0) is 11.4. The van der Waals surface area contributed by atoms with Gasteiger partial charge in [-0.25, -0.2) is 0 Å². The predicted molar refractivity (Wildman–Crippen MR) is 53.9 cm³/mol. The lowest BCUT2D eigenvalue weighted by molar-refractivity contribution is -0.395. The maximum atomic E-state index is 10.5. The molecule has 1 rings (SSSR count). The first kappa shape index (κ1) is 11.6. The summed E-state index contributed by atoms with van der Waals surface area (Å²) in [5.74, 6) is -0.862. The molecule has 1 aromatic heterocycles. The molecule has 0 saturated carbocycles. The van der Waals surface area contributed by atoms with Crippen LogP contribution in [0.25, 0.3) is 0 Å². The van der Waals surface area contributed by atoms with E-state index in [0.29, 0.717) is 11.8 Å². The van der Waals surface area contributed by atoms with Gasteiger partial charge < -0.3 is 20.2 Å². The summed E-state index contributed by atoms with van der Waals surface area (Å²) in [6.45, 7) is 0.273. The van der Waals surface area contributed by atoms with E-state index in [4.69, 9.17) is 0 Å². The topological polar surface area (TPSA) is 104 Å². The average molecular weight is 279 g/mol. The Kier molecular flexibility index (Phi) is 3.72. The van der Waals surface area contributed by atoms with E-state index in [1.807, 2.05) is 0 Å². The van der Waals surface area contributed by atoms with Gasteiger partial charge in [0.2, 0.25) is 0 Å². The number of alkyl halides is 1. The predicted octanol–water partition coefficient (Wildman–Crippen LogP) is 1.48. The Hall–Kier alpha value is -1.51. The van der Waals surface area contributed by atoms with Crippen molar-refractivity contribution >= 4 is 27.6 Å². The highest BCUT2D eigenvalue weighted by Crippen LogP contribution is 2.19. The molecule has 0 aliphatic carbocycles. The summed E-state index contributed by atoms with van der Waals surface area (Å²) in [6, 6.07) is 0.855. The molecule has 0 saturated heterocycles. The summed E-state index contributed by atoms with van der Waals surface area (Å²) < 4.78 is 1.03. The molecule has 15 heavy (non-hydrogen) atoms. The molecule has 0 fully saturated rings. The normalized spacial score (nSPS) is 10.2. The fraction of sp³-hybridized carbons (Fsp3) is 0.500. The van der Waals surface area contributed by atoms with Crippen molar-refractivity contribution in [1.82, 2.24) is 9.78 Å². The molecule has 0 aromatic carbocycles. The number of aryl methyl sites for hydroxylation is 1. The van der Waals surface area contributed by atoms with Crippen molar-refractivity contribution in [2.24, 2.45) is 0 Å². The number of nitrogens with zero attached hydrogens (tertiary/aromatic N) is 4. The lowest BCUT2D eigenvalue weighted by Crippen LogP contribution is -2.05. The van der Waals surface area contributed by atoms with Crippen LogP contribution in [0.2, 0.25) is 0 Å². The van der Waals surface area contributed by atoms with Gasteiger partial charge in [-0.1, -0.05) is 15.9 Å². The summed E-state index contributed by atoms with van der Waals surface area (Å²) in [5.41, 5.74) is 0. The molecule has 0 spiro atoms. The van der Waals surface area contributed by atoms with E-state index in [1.54, 1.807) is 0 Å².